The standard InChI is InChI=1S/C10H14N4O/c1-7-8(6-13(2)12-7)10(15)9-4-5-11-14(9)3/h4-6,10,15H,1-3H3. The molecule has 2 aromatic heterocycles. The van der Waals surface area contributed by atoms with Gasteiger partial charge in [-0.25, -0.2) is 0 Å². The van der Waals surface area contributed by atoms with E-state index in [1.807, 2.05) is 27.2 Å². The molecule has 80 valence electrons. The number of hydrogen-bond donors (Lipinski definition) is 1. The normalized spacial score (nSPS) is 13.1. The zero-order valence-electron chi connectivity index (χ0n) is 9.05. The van der Waals surface area contributed by atoms with E-state index in [0.717, 1.165) is 17.0 Å². The van der Waals surface area contributed by atoms with E-state index in [2.05, 4.69) is 10.2 Å². The number of rotatable bonds is 2. The lowest BCUT2D eigenvalue weighted by Gasteiger charge is -2.09. The van der Waals surface area contributed by atoms with Gasteiger partial charge in [0.05, 0.1) is 11.4 Å². The predicted octanol–water partition coefficient (Wildman–Crippen LogP) is 0.544. The number of nitrogens with zero attached hydrogens (tertiary/aromatic N) is 4. The predicted molar refractivity (Wildman–Crippen MR) is 55.2 cm³/mol. The Labute approximate surface area is 88.0 Å². The van der Waals surface area contributed by atoms with Gasteiger partial charge in [0.25, 0.3) is 0 Å². The SMILES string of the molecule is Cc1nn(C)cc1C(O)c1ccnn1C. The van der Waals surface area contributed by atoms with E-state index in [0.29, 0.717) is 0 Å². The molecular formula is C10H14N4O. The maximum absolute atomic E-state index is 10.1. The summed E-state index contributed by atoms with van der Waals surface area (Å²) in [6, 6.07) is 1.80. The second kappa shape index (κ2) is 3.51. The van der Waals surface area contributed by atoms with Crippen LogP contribution in [0.4, 0.5) is 0 Å². The highest BCUT2D eigenvalue weighted by molar-refractivity contribution is 5.26. The Bertz CT molecular complexity index is 471. The monoisotopic (exact) mass is 206 g/mol. The molecule has 0 fully saturated rings. The maximum Gasteiger partial charge on any atom is 0.124 e. The van der Waals surface area contributed by atoms with Crippen molar-refractivity contribution in [1.82, 2.24) is 19.6 Å². The van der Waals surface area contributed by atoms with Crippen LogP contribution in [0.1, 0.15) is 23.1 Å². The van der Waals surface area contributed by atoms with Crippen LogP contribution in [0.5, 0.6) is 0 Å². The fourth-order valence-electron chi connectivity index (χ4n) is 1.70. The van der Waals surface area contributed by atoms with Crippen molar-refractivity contribution >= 4 is 0 Å². The van der Waals surface area contributed by atoms with Crippen LogP contribution in [0.3, 0.4) is 0 Å². The van der Waals surface area contributed by atoms with Gasteiger partial charge >= 0.3 is 0 Å². The summed E-state index contributed by atoms with van der Waals surface area (Å²) >= 11 is 0. The highest BCUT2D eigenvalue weighted by atomic mass is 16.3. The molecule has 0 aromatic carbocycles. The average Bonchev–Trinajstić information content (AvgIpc) is 2.71. The van der Waals surface area contributed by atoms with E-state index in [1.54, 1.807) is 21.6 Å². The minimum absolute atomic E-state index is 0.661. The first kappa shape index (κ1) is 9.92. The van der Waals surface area contributed by atoms with Gasteiger partial charge in [-0.15, -0.1) is 0 Å². The molecule has 0 amide bonds. The van der Waals surface area contributed by atoms with Crippen LogP contribution < -0.4 is 0 Å². The van der Waals surface area contributed by atoms with Crippen LogP contribution in [0.15, 0.2) is 18.5 Å². The van der Waals surface area contributed by atoms with Crippen molar-refractivity contribution in [3.05, 3.63) is 35.4 Å². The van der Waals surface area contributed by atoms with Crippen LogP contribution >= 0.6 is 0 Å². The molecule has 1 atom stereocenters. The van der Waals surface area contributed by atoms with Crippen LogP contribution in [0.2, 0.25) is 0 Å². The summed E-state index contributed by atoms with van der Waals surface area (Å²) in [6.45, 7) is 1.88. The third-order valence-corrected chi connectivity index (χ3v) is 2.49. The Morgan fingerprint density at radius 3 is 2.60 bits per heavy atom. The first-order valence-corrected chi connectivity index (χ1v) is 4.75. The van der Waals surface area contributed by atoms with E-state index in [9.17, 15) is 5.11 Å². The number of aryl methyl sites for hydroxylation is 3. The Kier molecular flexibility index (Phi) is 2.32. The summed E-state index contributed by atoms with van der Waals surface area (Å²) in [5.74, 6) is 0. The summed E-state index contributed by atoms with van der Waals surface area (Å²) < 4.78 is 3.36. The lowest BCUT2D eigenvalue weighted by Crippen LogP contribution is -2.06. The van der Waals surface area contributed by atoms with Crippen molar-refractivity contribution in [3.63, 3.8) is 0 Å². The van der Waals surface area contributed by atoms with E-state index < -0.39 is 6.10 Å². The third kappa shape index (κ3) is 1.66. The molecule has 0 saturated carbocycles. The fraction of sp³-hybridized carbons (Fsp3) is 0.400. The largest absolute Gasteiger partial charge is 0.382 e. The van der Waals surface area contributed by atoms with Gasteiger partial charge in [-0.1, -0.05) is 0 Å². The van der Waals surface area contributed by atoms with Crippen molar-refractivity contribution in [2.45, 2.75) is 13.0 Å². The van der Waals surface area contributed by atoms with Crippen LogP contribution in [0.25, 0.3) is 0 Å². The average molecular weight is 206 g/mol. The molecule has 0 bridgehead atoms. The quantitative estimate of drug-likeness (QED) is 0.780. The second-order valence-electron chi connectivity index (χ2n) is 3.63. The molecule has 1 N–H and O–H groups in total. The van der Waals surface area contributed by atoms with Gasteiger partial charge in [0, 0.05) is 32.1 Å². The molecule has 0 aliphatic carbocycles. The van der Waals surface area contributed by atoms with Crippen LogP contribution in [-0.2, 0) is 14.1 Å². The molecule has 2 heterocycles. The van der Waals surface area contributed by atoms with Gasteiger partial charge in [-0.05, 0) is 13.0 Å². The van der Waals surface area contributed by atoms with Crippen LogP contribution in [0, 0.1) is 6.92 Å². The van der Waals surface area contributed by atoms with Gasteiger partial charge < -0.3 is 5.11 Å². The minimum Gasteiger partial charge on any atom is -0.382 e. The molecule has 0 aliphatic heterocycles. The minimum atomic E-state index is -0.661. The Morgan fingerprint density at radius 2 is 2.13 bits per heavy atom. The van der Waals surface area contributed by atoms with Gasteiger partial charge in [0.2, 0.25) is 0 Å². The van der Waals surface area contributed by atoms with E-state index in [4.69, 9.17) is 0 Å². The molecule has 2 rings (SSSR count). The lowest BCUT2D eigenvalue weighted by molar-refractivity contribution is 0.209. The zero-order chi connectivity index (χ0) is 11.0. The summed E-state index contributed by atoms with van der Waals surface area (Å²) in [4.78, 5) is 0. The summed E-state index contributed by atoms with van der Waals surface area (Å²) in [6.07, 6.45) is 2.84. The first-order valence-electron chi connectivity index (χ1n) is 4.75. The molecule has 5 heteroatoms. The summed E-state index contributed by atoms with van der Waals surface area (Å²) in [5.41, 5.74) is 2.43. The van der Waals surface area contributed by atoms with E-state index in [1.165, 1.54) is 0 Å². The lowest BCUT2D eigenvalue weighted by atomic mass is 10.1. The fourth-order valence-corrected chi connectivity index (χ4v) is 1.70. The highest BCUT2D eigenvalue weighted by Gasteiger charge is 2.18. The number of aromatic nitrogens is 4. The number of hydrogen-bond acceptors (Lipinski definition) is 3. The topological polar surface area (TPSA) is 55.9 Å². The number of aliphatic hydroxyl groups is 1. The van der Waals surface area contributed by atoms with Crippen molar-refractivity contribution < 1.29 is 5.11 Å². The summed E-state index contributed by atoms with van der Waals surface area (Å²) in [7, 11) is 3.65. The van der Waals surface area contributed by atoms with Crippen molar-refractivity contribution in [3.8, 4) is 0 Å². The smallest absolute Gasteiger partial charge is 0.124 e. The molecule has 15 heavy (non-hydrogen) atoms. The Hall–Kier alpha value is -1.62. The van der Waals surface area contributed by atoms with Gasteiger partial charge in [-0.3, -0.25) is 9.36 Å². The van der Waals surface area contributed by atoms with Crippen molar-refractivity contribution in [2.75, 3.05) is 0 Å². The van der Waals surface area contributed by atoms with Crippen molar-refractivity contribution in [1.29, 1.82) is 0 Å². The molecule has 0 saturated heterocycles. The third-order valence-electron chi connectivity index (χ3n) is 2.49. The molecule has 0 radical (unpaired) electrons. The maximum atomic E-state index is 10.1. The van der Waals surface area contributed by atoms with Gasteiger partial charge in [-0.2, -0.15) is 10.2 Å². The first-order chi connectivity index (χ1) is 7.09. The Morgan fingerprint density at radius 1 is 1.40 bits per heavy atom. The number of aliphatic hydroxyl groups excluding tert-OH is 1. The zero-order valence-corrected chi connectivity index (χ0v) is 9.05. The molecule has 1 unspecified atom stereocenters. The molecule has 0 aliphatic rings. The second-order valence-corrected chi connectivity index (χ2v) is 3.63. The van der Waals surface area contributed by atoms with E-state index in [-0.39, 0.29) is 0 Å². The Balaban J connectivity index is 2.40. The molecule has 2 aromatic rings. The van der Waals surface area contributed by atoms with Crippen LogP contribution in [-0.4, -0.2) is 24.7 Å². The summed E-state index contributed by atoms with van der Waals surface area (Å²) in [5, 5.41) is 18.4. The van der Waals surface area contributed by atoms with Gasteiger partial charge in [0.1, 0.15) is 6.10 Å². The van der Waals surface area contributed by atoms with Gasteiger partial charge in [0.15, 0.2) is 0 Å². The molecule has 5 nitrogen and oxygen atoms in total. The molecular weight excluding hydrogens is 192 g/mol. The van der Waals surface area contributed by atoms with Crippen molar-refractivity contribution in [2.24, 2.45) is 14.1 Å². The van der Waals surface area contributed by atoms with E-state index >= 15 is 0 Å². The molecule has 0 spiro atoms. The highest BCUT2D eigenvalue weighted by Crippen LogP contribution is 2.22.